The SMILES string of the molecule is CCCCOc1cc2c(cc1OC)C(=O)N1c3ccccc3CC1C=N2. The van der Waals surface area contributed by atoms with E-state index in [0.29, 0.717) is 29.4 Å². The molecule has 0 saturated carbocycles. The quantitative estimate of drug-likeness (QED) is 0.761. The van der Waals surface area contributed by atoms with Crippen LogP contribution in [0.15, 0.2) is 41.4 Å². The second-order valence-electron chi connectivity index (χ2n) is 6.58. The van der Waals surface area contributed by atoms with Crippen molar-refractivity contribution in [2.24, 2.45) is 4.99 Å². The number of methoxy groups -OCH3 is 1. The topological polar surface area (TPSA) is 51.1 Å². The molecule has 0 radical (unpaired) electrons. The van der Waals surface area contributed by atoms with E-state index in [-0.39, 0.29) is 11.9 Å². The number of carbonyl (C=O) groups excluding carboxylic acids is 1. The molecule has 0 spiro atoms. The van der Waals surface area contributed by atoms with E-state index in [2.05, 4.69) is 18.0 Å². The van der Waals surface area contributed by atoms with Gasteiger partial charge in [0.15, 0.2) is 11.5 Å². The monoisotopic (exact) mass is 350 g/mol. The Hall–Kier alpha value is -2.82. The van der Waals surface area contributed by atoms with Crippen LogP contribution in [-0.4, -0.2) is 31.9 Å². The van der Waals surface area contributed by atoms with E-state index in [1.807, 2.05) is 35.4 Å². The first-order valence-corrected chi connectivity index (χ1v) is 9.03. The van der Waals surface area contributed by atoms with Crippen molar-refractivity contribution in [1.82, 2.24) is 0 Å². The molecule has 1 atom stereocenters. The minimum Gasteiger partial charge on any atom is -0.493 e. The molecule has 5 nitrogen and oxygen atoms in total. The summed E-state index contributed by atoms with van der Waals surface area (Å²) in [6, 6.07) is 11.5. The van der Waals surface area contributed by atoms with Gasteiger partial charge < -0.3 is 9.47 Å². The van der Waals surface area contributed by atoms with Crippen LogP contribution >= 0.6 is 0 Å². The number of para-hydroxylation sites is 1. The summed E-state index contributed by atoms with van der Waals surface area (Å²) in [4.78, 5) is 19.7. The first kappa shape index (κ1) is 16.6. The van der Waals surface area contributed by atoms with E-state index in [1.165, 1.54) is 5.56 Å². The number of hydrogen-bond acceptors (Lipinski definition) is 4. The Morgan fingerprint density at radius 2 is 2.08 bits per heavy atom. The maximum Gasteiger partial charge on any atom is 0.261 e. The molecule has 2 aliphatic heterocycles. The average Bonchev–Trinajstić information content (AvgIpc) is 2.98. The third-order valence-electron chi connectivity index (χ3n) is 4.88. The van der Waals surface area contributed by atoms with Crippen molar-refractivity contribution in [3.05, 3.63) is 47.5 Å². The Labute approximate surface area is 153 Å². The van der Waals surface area contributed by atoms with E-state index in [9.17, 15) is 4.79 Å². The van der Waals surface area contributed by atoms with Crippen molar-refractivity contribution < 1.29 is 14.3 Å². The Kier molecular flexibility index (Phi) is 4.37. The number of rotatable bonds is 5. The highest BCUT2D eigenvalue weighted by Gasteiger charge is 2.36. The van der Waals surface area contributed by atoms with Gasteiger partial charge in [-0.3, -0.25) is 14.7 Å². The van der Waals surface area contributed by atoms with Crippen LogP contribution in [0.5, 0.6) is 11.5 Å². The summed E-state index contributed by atoms with van der Waals surface area (Å²) in [6.45, 7) is 2.73. The lowest BCUT2D eigenvalue weighted by Gasteiger charge is -2.22. The highest BCUT2D eigenvalue weighted by atomic mass is 16.5. The van der Waals surface area contributed by atoms with E-state index in [1.54, 1.807) is 13.2 Å². The van der Waals surface area contributed by atoms with Crippen LogP contribution in [0.4, 0.5) is 11.4 Å². The van der Waals surface area contributed by atoms with Gasteiger partial charge in [-0.15, -0.1) is 0 Å². The van der Waals surface area contributed by atoms with Gasteiger partial charge in [-0.25, -0.2) is 0 Å². The predicted octanol–water partition coefficient (Wildman–Crippen LogP) is 4.16. The standard InChI is InChI=1S/C21H22N2O3/c1-3-4-9-26-20-12-17-16(11-19(20)25-2)21(24)23-15(13-22-17)10-14-7-5-6-8-18(14)23/h5-8,11-13,15H,3-4,9-10H2,1-2H3. The largest absolute Gasteiger partial charge is 0.493 e. The fourth-order valence-electron chi connectivity index (χ4n) is 3.52. The molecule has 5 heteroatoms. The predicted molar refractivity (Wildman–Crippen MR) is 102 cm³/mol. The van der Waals surface area contributed by atoms with Crippen molar-refractivity contribution in [2.75, 3.05) is 18.6 Å². The molecule has 0 N–H and O–H groups in total. The maximum absolute atomic E-state index is 13.3. The highest BCUT2D eigenvalue weighted by Crippen LogP contribution is 2.40. The second kappa shape index (κ2) is 6.83. The summed E-state index contributed by atoms with van der Waals surface area (Å²) in [6.07, 6.45) is 4.68. The number of nitrogens with zero attached hydrogens (tertiary/aromatic N) is 2. The Morgan fingerprint density at radius 3 is 2.88 bits per heavy atom. The zero-order valence-electron chi connectivity index (χ0n) is 15.1. The molecule has 134 valence electrons. The lowest BCUT2D eigenvalue weighted by Crippen LogP contribution is -2.37. The van der Waals surface area contributed by atoms with Crippen LogP contribution in [0.2, 0.25) is 0 Å². The molecule has 2 aromatic rings. The molecule has 1 amide bonds. The third-order valence-corrected chi connectivity index (χ3v) is 4.88. The van der Waals surface area contributed by atoms with Gasteiger partial charge >= 0.3 is 0 Å². The molecule has 2 heterocycles. The second-order valence-corrected chi connectivity index (χ2v) is 6.58. The zero-order chi connectivity index (χ0) is 18.1. The van der Waals surface area contributed by atoms with Gasteiger partial charge in [-0.2, -0.15) is 0 Å². The number of amides is 1. The van der Waals surface area contributed by atoms with E-state index in [4.69, 9.17) is 9.47 Å². The molecule has 0 aliphatic carbocycles. The van der Waals surface area contributed by atoms with Gasteiger partial charge in [-0.05, 0) is 24.1 Å². The Morgan fingerprint density at radius 1 is 1.23 bits per heavy atom. The van der Waals surface area contributed by atoms with Crippen molar-refractivity contribution >= 4 is 23.5 Å². The molecule has 0 fully saturated rings. The first-order chi connectivity index (χ1) is 12.7. The Balaban J connectivity index is 1.74. The average molecular weight is 350 g/mol. The van der Waals surface area contributed by atoms with Gasteiger partial charge in [0.2, 0.25) is 0 Å². The molecule has 0 aromatic heterocycles. The molecule has 1 unspecified atom stereocenters. The Bertz CT molecular complexity index is 876. The summed E-state index contributed by atoms with van der Waals surface area (Å²) in [5.41, 5.74) is 3.31. The summed E-state index contributed by atoms with van der Waals surface area (Å²) in [7, 11) is 1.59. The van der Waals surface area contributed by atoms with Crippen LogP contribution in [0, 0.1) is 0 Å². The summed E-state index contributed by atoms with van der Waals surface area (Å²) in [5.74, 6) is 1.15. The third kappa shape index (κ3) is 2.73. The number of carbonyl (C=O) groups is 1. The molecular weight excluding hydrogens is 328 g/mol. The van der Waals surface area contributed by atoms with E-state index >= 15 is 0 Å². The molecule has 2 aromatic carbocycles. The van der Waals surface area contributed by atoms with E-state index in [0.717, 1.165) is 24.9 Å². The molecule has 2 aliphatic rings. The van der Waals surface area contributed by atoms with Gasteiger partial charge in [0.05, 0.1) is 31.0 Å². The van der Waals surface area contributed by atoms with Crippen LogP contribution < -0.4 is 14.4 Å². The van der Waals surface area contributed by atoms with Crippen molar-refractivity contribution in [2.45, 2.75) is 32.2 Å². The van der Waals surface area contributed by atoms with Gasteiger partial charge in [0, 0.05) is 24.4 Å². The lowest BCUT2D eigenvalue weighted by molar-refractivity contribution is 0.0986. The summed E-state index contributed by atoms with van der Waals surface area (Å²) < 4.78 is 11.3. The van der Waals surface area contributed by atoms with E-state index < -0.39 is 0 Å². The normalized spacial score (nSPS) is 17.4. The number of unbranched alkanes of at least 4 members (excludes halogenated alkanes) is 1. The van der Waals surface area contributed by atoms with Crippen molar-refractivity contribution in [3.63, 3.8) is 0 Å². The van der Waals surface area contributed by atoms with Gasteiger partial charge in [0.1, 0.15) is 0 Å². The van der Waals surface area contributed by atoms with Crippen LogP contribution in [-0.2, 0) is 6.42 Å². The number of fused-ring (bicyclic) bond motifs is 4. The molecule has 4 rings (SSSR count). The zero-order valence-corrected chi connectivity index (χ0v) is 15.1. The van der Waals surface area contributed by atoms with Crippen LogP contribution in [0.3, 0.4) is 0 Å². The van der Waals surface area contributed by atoms with Crippen molar-refractivity contribution in [3.8, 4) is 11.5 Å². The number of anilines is 1. The fourth-order valence-corrected chi connectivity index (χ4v) is 3.52. The molecule has 0 saturated heterocycles. The summed E-state index contributed by atoms with van der Waals surface area (Å²) >= 11 is 0. The highest BCUT2D eigenvalue weighted by molar-refractivity contribution is 6.14. The summed E-state index contributed by atoms with van der Waals surface area (Å²) in [5, 5.41) is 0. The molecular formula is C21H22N2O3. The number of hydrogen-bond donors (Lipinski definition) is 0. The molecule has 26 heavy (non-hydrogen) atoms. The number of aliphatic imine (C=N–C) groups is 1. The van der Waals surface area contributed by atoms with Crippen molar-refractivity contribution in [1.29, 1.82) is 0 Å². The van der Waals surface area contributed by atoms with Crippen LogP contribution in [0.1, 0.15) is 35.7 Å². The number of benzene rings is 2. The maximum atomic E-state index is 13.3. The smallest absolute Gasteiger partial charge is 0.261 e. The van der Waals surface area contributed by atoms with Gasteiger partial charge in [-0.1, -0.05) is 31.5 Å². The van der Waals surface area contributed by atoms with Crippen LogP contribution in [0.25, 0.3) is 0 Å². The first-order valence-electron chi connectivity index (χ1n) is 9.03. The molecule has 0 bridgehead atoms. The fraction of sp³-hybridized carbons (Fsp3) is 0.333. The minimum absolute atomic E-state index is 0.0501. The van der Waals surface area contributed by atoms with Gasteiger partial charge in [0.25, 0.3) is 5.91 Å². The number of ether oxygens (including phenoxy) is 2. The lowest BCUT2D eigenvalue weighted by atomic mass is 10.1. The minimum atomic E-state index is -0.0530.